The number of carboxylic acids is 1. The molecule has 96 valence electrons. The molecule has 7 heteroatoms. The van der Waals surface area contributed by atoms with Crippen LogP contribution in [0.5, 0.6) is 0 Å². The molecule has 2 amide bonds. The van der Waals surface area contributed by atoms with E-state index >= 15 is 0 Å². The highest BCUT2D eigenvalue weighted by atomic mass is 16.4. The van der Waals surface area contributed by atoms with Gasteiger partial charge in [0, 0.05) is 6.42 Å². The minimum atomic E-state index is -1.18. The van der Waals surface area contributed by atoms with Gasteiger partial charge in [-0.1, -0.05) is 0 Å². The molecule has 0 fully saturated rings. The van der Waals surface area contributed by atoms with Gasteiger partial charge in [0.1, 0.15) is 6.04 Å². The number of aryl methyl sites for hydroxylation is 2. The molecule has 0 saturated carbocycles. The van der Waals surface area contributed by atoms with Crippen molar-refractivity contribution in [3.63, 3.8) is 0 Å². The SMILES string of the molecule is C#CCC(NC(=O)Nc1c(C)n[nH]c1C)C(=O)O. The molecule has 0 spiro atoms. The van der Waals surface area contributed by atoms with Crippen molar-refractivity contribution < 1.29 is 14.7 Å². The van der Waals surface area contributed by atoms with E-state index in [1.165, 1.54) is 0 Å². The number of hydrogen-bond acceptors (Lipinski definition) is 3. The summed E-state index contributed by atoms with van der Waals surface area (Å²) in [5.74, 6) is 1.02. The lowest BCUT2D eigenvalue weighted by Gasteiger charge is -2.12. The Morgan fingerprint density at radius 2 is 2.22 bits per heavy atom. The number of urea groups is 1. The van der Waals surface area contributed by atoms with Gasteiger partial charge in [0.25, 0.3) is 0 Å². The largest absolute Gasteiger partial charge is 0.480 e. The highest BCUT2D eigenvalue weighted by molar-refractivity contribution is 5.93. The highest BCUT2D eigenvalue weighted by Gasteiger charge is 2.19. The molecular weight excluding hydrogens is 236 g/mol. The maximum atomic E-state index is 11.6. The van der Waals surface area contributed by atoms with Crippen molar-refractivity contribution in [2.45, 2.75) is 26.3 Å². The number of carbonyl (C=O) groups excluding carboxylic acids is 1. The van der Waals surface area contributed by atoms with E-state index < -0.39 is 18.0 Å². The van der Waals surface area contributed by atoms with Crippen LogP contribution in [0.2, 0.25) is 0 Å². The van der Waals surface area contributed by atoms with E-state index in [9.17, 15) is 9.59 Å². The van der Waals surface area contributed by atoms with Crippen molar-refractivity contribution in [2.24, 2.45) is 0 Å². The van der Waals surface area contributed by atoms with E-state index in [4.69, 9.17) is 11.5 Å². The Morgan fingerprint density at radius 3 is 2.67 bits per heavy atom. The van der Waals surface area contributed by atoms with Crippen LogP contribution in [0.3, 0.4) is 0 Å². The Bertz CT molecular complexity index is 481. The number of hydrogen-bond donors (Lipinski definition) is 4. The smallest absolute Gasteiger partial charge is 0.327 e. The first-order valence-corrected chi connectivity index (χ1v) is 5.21. The summed E-state index contributed by atoms with van der Waals surface area (Å²) in [5, 5.41) is 20.2. The lowest BCUT2D eigenvalue weighted by atomic mass is 10.2. The second kappa shape index (κ2) is 5.72. The molecule has 0 aliphatic carbocycles. The summed E-state index contributed by atoms with van der Waals surface area (Å²) in [6, 6.07) is -1.74. The second-order valence-corrected chi connectivity index (χ2v) is 3.71. The number of terminal acetylenes is 1. The van der Waals surface area contributed by atoms with E-state index in [1.807, 2.05) is 0 Å². The Balaban J connectivity index is 2.67. The lowest BCUT2D eigenvalue weighted by Crippen LogP contribution is -2.42. The summed E-state index contributed by atoms with van der Waals surface area (Å²) >= 11 is 0. The summed E-state index contributed by atoms with van der Waals surface area (Å²) in [7, 11) is 0. The summed E-state index contributed by atoms with van der Waals surface area (Å²) in [6.45, 7) is 3.46. The molecule has 1 atom stereocenters. The molecule has 1 unspecified atom stereocenters. The van der Waals surface area contributed by atoms with E-state index in [1.54, 1.807) is 13.8 Å². The first-order valence-electron chi connectivity index (χ1n) is 5.21. The fraction of sp³-hybridized carbons (Fsp3) is 0.364. The summed E-state index contributed by atoms with van der Waals surface area (Å²) in [4.78, 5) is 22.4. The van der Waals surface area contributed by atoms with Gasteiger partial charge < -0.3 is 15.7 Å². The average molecular weight is 250 g/mol. The van der Waals surface area contributed by atoms with Gasteiger partial charge in [0.05, 0.1) is 17.1 Å². The first kappa shape index (κ1) is 13.6. The maximum absolute atomic E-state index is 11.6. The normalized spacial score (nSPS) is 11.4. The molecule has 0 aromatic carbocycles. The van der Waals surface area contributed by atoms with Crippen LogP contribution in [-0.4, -0.2) is 33.3 Å². The number of H-pyrrole nitrogens is 1. The number of carboxylic acid groups (broad SMARTS) is 1. The summed E-state index contributed by atoms with van der Waals surface area (Å²) < 4.78 is 0. The van der Waals surface area contributed by atoms with Gasteiger partial charge >= 0.3 is 12.0 Å². The topological polar surface area (TPSA) is 107 Å². The monoisotopic (exact) mass is 250 g/mol. The van der Waals surface area contributed by atoms with Gasteiger partial charge in [-0.05, 0) is 13.8 Å². The molecule has 0 radical (unpaired) electrons. The van der Waals surface area contributed by atoms with Gasteiger partial charge in [0.15, 0.2) is 0 Å². The molecule has 0 saturated heterocycles. The zero-order chi connectivity index (χ0) is 13.7. The fourth-order valence-electron chi connectivity index (χ4n) is 1.36. The molecule has 4 N–H and O–H groups in total. The molecule has 0 bridgehead atoms. The number of nitrogens with one attached hydrogen (secondary N) is 3. The van der Waals surface area contributed by atoms with Crippen molar-refractivity contribution in [1.82, 2.24) is 15.5 Å². The number of carbonyl (C=O) groups is 2. The van der Waals surface area contributed by atoms with Crippen LogP contribution in [0.15, 0.2) is 0 Å². The Labute approximate surface area is 104 Å². The molecule has 0 aliphatic rings. The Morgan fingerprint density at radius 1 is 1.56 bits per heavy atom. The standard InChI is InChI=1S/C11H14N4O3/c1-4-5-8(10(16)17)12-11(18)13-9-6(2)14-15-7(9)3/h1,8H,5H2,2-3H3,(H,14,15)(H,16,17)(H2,12,13,18). The summed E-state index contributed by atoms with van der Waals surface area (Å²) in [5.41, 5.74) is 1.83. The maximum Gasteiger partial charge on any atom is 0.327 e. The van der Waals surface area contributed by atoms with E-state index in [0.717, 1.165) is 0 Å². The van der Waals surface area contributed by atoms with Gasteiger partial charge in [0.2, 0.25) is 0 Å². The van der Waals surface area contributed by atoms with Crippen molar-refractivity contribution in [1.29, 1.82) is 0 Å². The Kier molecular flexibility index (Phi) is 4.32. The van der Waals surface area contributed by atoms with Gasteiger partial charge in [-0.2, -0.15) is 5.10 Å². The molecule has 1 aromatic rings. The molecule has 1 aromatic heterocycles. The third-order valence-electron chi connectivity index (χ3n) is 2.29. The van der Waals surface area contributed by atoms with Crippen LogP contribution >= 0.6 is 0 Å². The number of anilines is 1. The third-order valence-corrected chi connectivity index (χ3v) is 2.29. The predicted octanol–water partition coefficient (Wildman–Crippen LogP) is 0.625. The quantitative estimate of drug-likeness (QED) is 0.588. The van der Waals surface area contributed by atoms with Crippen molar-refractivity contribution in [3.8, 4) is 12.3 Å². The number of aromatic nitrogens is 2. The van der Waals surface area contributed by atoms with Crippen LogP contribution in [0.25, 0.3) is 0 Å². The number of aromatic amines is 1. The van der Waals surface area contributed by atoms with Crippen LogP contribution in [0, 0.1) is 26.2 Å². The minimum absolute atomic E-state index is 0.0773. The van der Waals surface area contributed by atoms with Crippen LogP contribution in [0.1, 0.15) is 17.8 Å². The summed E-state index contributed by atoms with van der Waals surface area (Å²) in [6.07, 6.45) is 4.95. The van der Waals surface area contributed by atoms with Crippen molar-refractivity contribution in [2.75, 3.05) is 5.32 Å². The van der Waals surface area contributed by atoms with Gasteiger partial charge in [-0.15, -0.1) is 12.3 Å². The van der Waals surface area contributed by atoms with Crippen LogP contribution in [0.4, 0.5) is 10.5 Å². The second-order valence-electron chi connectivity index (χ2n) is 3.71. The fourth-order valence-corrected chi connectivity index (χ4v) is 1.36. The number of rotatable bonds is 4. The first-order chi connectivity index (χ1) is 8.45. The molecule has 0 aliphatic heterocycles. The minimum Gasteiger partial charge on any atom is -0.480 e. The Hall–Kier alpha value is -2.49. The van der Waals surface area contributed by atoms with Crippen LogP contribution < -0.4 is 10.6 Å². The predicted molar refractivity (Wildman–Crippen MR) is 65.1 cm³/mol. The van der Waals surface area contributed by atoms with Crippen molar-refractivity contribution >= 4 is 17.7 Å². The van der Waals surface area contributed by atoms with Crippen LogP contribution in [-0.2, 0) is 4.79 Å². The van der Waals surface area contributed by atoms with Gasteiger partial charge in [-0.3, -0.25) is 5.10 Å². The molecular formula is C11H14N4O3. The molecule has 18 heavy (non-hydrogen) atoms. The number of aliphatic carboxylic acids is 1. The van der Waals surface area contributed by atoms with Gasteiger partial charge in [-0.25, -0.2) is 9.59 Å². The number of amides is 2. The zero-order valence-electron chi connectivity index (χ0n) is 10.1. The molecule has 1 heterocycles. The third kappa shape index (κ3) is 3.25. The number of nitrogens with zero attached hydrogens (tertiary/aromatic N) is 1. The zero-order valence-corrected chi connectivity index (χ0v) is 10.1. The molecule has 1 rings (SSSR count). The van der Waals surface area contributed by atoms with E-state index in [0.29, 0.717) is 17.1 Å². The van der Waals surface area contributed by atoms with E-state index in [-0.39, 0.29) is 6.42 Å². The van der Waals surface area contributed by atoms with Crippen molar-refractivity contribution in [3.05, 3.63) is 11.4 Å². The molecule has 7 nitrogen and oxygen atoms in total. The lowest BCUT2D eigenvalue weighted by molar-refractivity contribution is -0.139. The average Bonchev–Trinajstić information content (AvgIpc) is 2.60. The van der Waals surface area contributed by atoms with E-state index in [2.05, 4.69) is 26.8 Å². The highest BCUT2D eigenvalue weighted by Crippen LogP contribution is 2.15.